The summed E-state index contributed by atoms with van der Waals surface area (Å²) in [5.41, 5.74) is 3.08. The molecular formula is C15H15ClN2O2. The molecule has 0 fully saturated rings. The molecule has 104 valence electrons. The largest absolute Gasteiger partial charge is 0.465 e. The number of rotatable bonds is 4. The molecule has 0 aliphatic heterocycles. The number of aryl methyl sites for hydroxylation is 1. The maximum absolute atomic E-state index is 11.7. The molecule has 0 atom stereocenters. The minimum absolute atomic E-state index is 0.397. The Labute approximate surface area is 122 Å². The van der Waals surface area contributed by atoms with Crippen LogP contribution in [0.3, 0.4) is 0 Å². The third-order valence-electron chi connectivity index (χ3n) is 2.84. The van der Waals surface area contributed by atoms with Gasteiger partial charge in [-0.05, 0) is 36.8 Å². The number of pyridine rings is 1. The zero-order valence-corrected chi connectivity index (χ0v) is 12.1. The predicted octanol–water partition coefficient (Wildman–Crippen LogP) is 3.44. The monoisotopic (exact) mass is 290 g/mol. The summed E-state index contributed by atoms with van der Waals surface area (Å²) in [4.78, 5) is 15.9. The number of aromatic nitrogens is 1. The molecule has 0 saturated heterocycles. The van der Waals surface area contributed by atoms with Gasteiger partial charge in [0.15, 0.2) is 0 Å². The molecule has 0 aliphatic carbocycles. The molecule has 2 aromatic rings. The molecule has 0 bridgehead atoms. The second-order valence-corrected chi connectivity index (χ2v) is 4.78. The number of halogens is 1. The van der Waals surface area contributed by atoms with Crippen molar-refractivity contribution >= 4 is 23.3 Å². The fraction of sp³-hybridized carbons (Fsp3) is 0.200. The quantitative estimate of drug-likeness (QED) is 0.876. The van der Waals surface area contributed by atoms with Crippen molar-refractivity contribution in [2.75, 3.05) is 12.4 Å². The molecule has 0 unspecified atom stereocenters. The Balaban J connectivity index is 2.17. The van der Waals surface area contributed by atoms with Crippen LogP contribution >= 0.6 is 11.6 Å². The van der Waals surface area contributed by atoms with Crippen LogP contribution in [0.5, 0.6) is 0 Å². The summed E-state index contributed by atoms with van der Waals surface area (Å²) in [6, 6.07) is 8.93. The van der Waals surface area contributed by atoms with Gasteiger partial charge < -0.3 is 10.1 Å². The average Bonchev–Trinajstić information content (AvgIpc) is 2.46. The Bertz CT molecular complexity index is 612. The molecule has 1 aromatic carbocycles. The van der Waals surface area contributed by atoms with Crippen LogP contribution in [0.25, 0.3) is 0 Å². The van der Waals surface area contributed by atoms with Crippen molar-refractivity contribution in [1.29, 1.82) is 0 Å². The summed E-state index contributed by atoms with van der Waals surface area (Å²) in [5.74, 6) is -0.397. The lowest BCUT2D eigenvalue weighted by Gasteiger charge is -2.11. The van der Waals surface area contributed by atoms with Crippen molar-refractivity contribution in [2.24, 2.45) is 0 Å². The third-order valence-corrected chi connectivity index (χ3v) is 3.08. The van der Waals surface area contributed by atoms with Gasteiger partial charge in [0.1, 0.15) is 0 Å². The fourth-order valence-electron chi connectivity index (χ4n) is 1.75. The minimum Gasteiger partial charge on any atom is -0.465 e. The molecule has 0 aliphatic rings. The van der Waals surface area contributed by atoms with Crippen LogP contribution in [0, 0.1) is 6.92 Å². The molecule has 4 nitrogen and oxygen atoms in total. The highest BCUT2D eigenvalue weighted by Crippen LogP contribution is 2.22. The van der Waals surface area contributed by atoms with E-state index in [0.717, 1.165) is 11.3 Å². The third kappa shape index (κ3) is 3.48. The second-order valence-electron chi connectivity index (χ2n) is 4.34. The molecule has 0 saturated carbocycles. The zero-order valence-electron chi connectivity index (χ0n) is 11.3. The lowest BCUT2D eigenvalue weighted by Crippen LogP contribution is -2.08. The highest BCUT2D eigenvalue weighted by Gasteiger charge is 2.12. The number of carbonyl (C=O) groups is 1. The van der Waals surface area contributed by atoms with Gasteiger partial charge in [0.25, 0.3) is 0 Å². The van der Waals surface area contributed by atoms with Gasteiger partial charge in [-0.1, -0.05) is 17.7 Å². The molecule has 1 N–H and O–H groups in total. The van der Waals surface area contributed by atoms with E-state index in [1.807, 2.05) is 19.1 Å². The lowest BCUT2D eigenvalue weighted by atomic mass is 10.1. The van der Waals surface area contributed by atoms with Crippen LogP contribution < -0.4 is 5.32 Å². The van der Waals surface area contributed by atoms with E-state index in [1.165, 1.54) is 7.11 Å². The Morgan fingerprint density at radius 2 is 2.15 bits per heavy atom. The van der Waals surface area contributed by atoms with Gasteiger partial charge in [-0.25, -0.2) is 4.79 Å². The molecule has 0 spiro atoms. The van der Waals surface area contributed by atoms with Crippen LogP contribution in [-0.2, 0) is 11.3 Å². The summed E-state index contributed by atoms with van der Waals surface area (Å²) in [5, 5.41) is 3.74. The summed E-state index contributed by atoms with van der Waals surface area (Å²) in [7, 11) is 1.35. The maximum Gasteiger partial charge on any atom is 0.339 e. The molecule has 0 radical (unpaired) electrons. The number of hydrogen-bond donors (Lipinski definition) is 1. The Hall–Kier alpha value is -2.07. The van der Waals surface area contributed by atoms with Crippen molar-refractivity contribution in [3.63, 3.8) is 0 Å². The van der Waals surface area contributed by atoms with E-state index in [2.05, 4.69) is 10.3 Å². The van der Waals surface area contributed by atoms with Gasteiger partial charge in [-0.3, -0.25) is 4.98 Å². The van der Waals surface area contributed by atoms with Crippen molar-refractivity contribution in [1.82, 2.24) is 4.98 Å². The normalized spacial score (nSPS) is 10.2. The number of methoxy groups -OCH3 is 1. The summed E-state index contributed by atoms with van der Waals surface area (Å²) in [6.07, 6.45) is 1.80. The molecule has 20 heavy (non-hydrogen) atoms. The first-order chi connectivity index (χ1) is 9.60. The van der Waals surface area contributed by atoms with Crippen LogP contribution in [-0.4, -0.2) is 18.1 Å². The van der Waals surface area contributed by atoms with Gasteiger partial charge >= 0.3 is 5.97 Å². The number of benzene rings is 1. The van der Waals surface area contributed by atoms with E-state index in [9.17, 15) is 4.79 Å². The van der Waals surface area contributed by atoms with E-state index < -0.39 is 5.97 Å². The Morgan fingerprint density at radius 1 is 1.35 bits per heavy atom. The van der Waals surface area contributed by atoms with Gasteiger partial charge in [-0.2, -0.15) is 0 Å². The summed E-state index contributed by atoms with van der Waals surface area (Å²) >= 11 is 5.96. The van der Waals surface area contributed by atoms with Crippen LogP contribution in [0.2, 0.25) is 5.02 Å². The topological polar surface area (TPSA) is 51.2 Å². The minimum atomic E-state index is -0.397. The van der Waals surface area contributed by atoms with E-state index in [0.29, 0.717) is 22.8 Å². The zero-order chi connectivity index (χ0) is 14.5. The number of anilines is 1. The van der Waals surface area contributed by atoms with Crippen LogP contribution in [0.4, 0.5) is 5.69 Å². The molecule has 0 amide bonds. The number of nitrogens with one attached hydrogen (secondary N) is 1. The first kappa shape index (κ1) is 14.3. The van der Waals surface area contributed by atoms with Gasteiger partial charge in [0.05, 0.1) is 18.4 Å². The number of esters is 1. The van der Waals surface area contributed by atoms with E-state index in [1.54, 1.807) is 24.4 Å². The smallest absolute Gasteiger partial charge is 0.339 e. The Morgan fingerprint density at radius 3 is 2.80 bits per heavy atom. The van der Waals surface area contributed by atoms with Crippen molar-refractivity contribution in [3.05, 3.63) is 58.4 Å². The summed E-state index contributed by atoms with van der Waals surface area (Å²) < 4.78 is 4.75. The molecule has 5 heteroatoms. The number of ether oxygens (including phenoxy) is 1. The van der Waals surface area contributed by atoms with Crippen molar-refractivity contribution < 1.29 is 9.53 Å². The predicted molar refractivity (Wildman–Crippen MR) is 79.1 cm³/mol. The van der Waals surface area contributed by atoms with E-state index in [4.69, 9.17) is 16.3 Å². The van der Waals surface area contributed by atoms with Crippen LogP contribution in [0.1, 0.15) is 21.6 Å². The average molecular weight is 291 g/mol. The van der Waals surface area contributed by atoms with Gasteiger partial charge in [0.2, 0.25) is 0 Å². The standard InChI is InChI=1S/C15H15ClN2O2/c1-10-3-4-11(8-17-10)9-18-14-7-12(16)5-6-13(14)15(19)20-2/h3-8,18H,9H2,1-2H3. The van der Waals surface area contributed by atoms with Crippen LogP contribution in [0.15, 0.2) is 36.5 Å². The summed E-state index contributed by atoms with van der Waals surface area (Å²) in [6.45, 7) is 2.49. The Kier molecular flexibility index (Phi) is 4.58. The highest BCUT2D eigenvalue weighted by molar-refractivity contribution is 6.31. The second kappa shape index (κ2) is 6.39. The van der Waals surface area contributed by atoms with Gasteiger partial charge in [0, 0.05) is 23.5 Å². The highest BCUT2D eigenvalue weighted by atomic mass is 35.5. The number of carbonyl (C=O) groups excluding carboxylic acids is 1. The first-order valence-electron chi connectivity index (χ1n) is 6.13. The molecule has 1 aromatic heterocycles. The molecule has 2 rings (SSSR count). The lowest BCUT2D eigenvalue weighted by molar-refractivity contribution is 0.0602. The van der Waals surface area contributed by atoms with E-state index in [-0.39, 0.29) is 0 Å². The first-order valence-corrected chi connectivity index (χ1v) is 6.51. The molecular weight excluding hydrogens is 276 g/mol. The van der Waals surface area contributed by atoms with Crippen molar-refractivity contribution in [2.45, 2.75) is 13.5 Å². The molecule has 1 heterocycles. The number of nitrogens with zero attached hydrogens (tertiary/aromatic N) is 1. The van der Waals surface area contributed by atoms with Gasteiger partial charge in [-0.15, -0.1) is 0 Å². The van der Waals surface area contributed by atoms with E-state index >= 15 is 0 Å². The number of hydrogen-bond acceptors (Lipinski definition) is 4. The SMILES string of the molecule is COC(=O)c1ccc(Cl)cc1NCc1ccc(C)nc1. The maximum atomic E-state index is 11.7. The van der Waals surface area contributed by atoms with Crippen molar-refractivity contribution in [3.8, 4) is 0 Å². The fourth-order valence-corrected chi connectivity index (χ4v) is 1.92.